The van der Waals surface area contributed by atoms with Gasteiger partial charge in [-0.25, -0.2) is 0 Å². The van der Waals surface area contributed by atoms with Crippen molar-refractivity contribution >= 4 is 6.08 Å². The van der Waals surface area contributed by atoms with Gasteiger partial charge in [0.1, 0.15) is 17.6 Å². The zero-order valence-corrected chi connectivity index (χ0v) is 8.77. The second-order valence-electron chi connectivity index (χ2n) is 3.41. The van der Waals surface area contributed by atoms with Crippen molar-refractivity contribution in [2.75, 3.05) is 7.11 Å². The van der Waals surface area contributed by atoms with E-state index >= 15 is 0 Å². The highest BCUT2D eigenvalue weighted by Crippen LogP contribution is 2.33. The molecule has 0 amide bonds. The molecule has 1 aliphatic heterocycles. The summed E-state index contributed by atoms with van der Waals surface area (Å²) in [7, 11) is 1.67. The van der Waals surface area contributed by atoms with Gasteiger partial charge in [0, 0.05) is 6.42 Å². The lowest BCUT2D eigenvalue weighted by molar-refractivity contribution is 0.248. The van der Waals surface area contributed by atoms with E-state index in [1.165, 1.54) is 0 Å². The molecule has 0 fully saturated rings. The van der Waals surface area contributed by atoms with Crippen LogP contribution in [0, 0.1) is 0 Å². The molecule has 0 spiro atoms. The topological polar surface area (TPSA) is 18.5 Å². The first-order valence-electron chi connectivity index (χ1n) is 4.98. The van der Waals surface area contributed by atoms with Crippen LogP contribution in [0.25, 0.3) is 6.08 Å². The van der Waals surface area contributed by atoms with Gasteiger partial charge in [0.15, 0.2) is 0 Å². The van der Waals surface area contributed by atoms with Crippen molar-refractivity contribution < 1.29 is 9.47 Å². The second-order valence-corrected chi connectivity index (χ2v) is 3.41. The SMILES string of the molecule is C=CCC1C=Cc2c(OC)cccc2O1. The van der Waals surface area contributed by atoms with Crippen LogP contribution in [0.5, 0.6) is 11.5 Å². The van der Waals surface area contributed by atoms with Crippen LogP contribution in [-0.2, 0) is 0 Å². The van der Waals surface area contributed by atoms with Crippen LogP contribution in [0.1, 0.15) is 12.0 Å². The van der Waals surface area contributed by atoms with Crippen LogP contribution in [-0.4, -0.2) is 13.2 Å². The number of methoxy groups -OCH3 is 1. The monoisotopic (exact) mass is 202 g/mol. The molecule has 1 aromatic carbocycles. The van der Waals surface area contributed by atoms with Crippen molar-refractivity contribution in [3.05, 3.63) is 42.5 Å². The Bertz CT molecular complexity index is 394. The van der Waals surface area contributed by atoms with Gasteiger partial charge in [-0.1, -0.05) is 12.1 Å². The Balaban J connectivity index is 2.31. The molecule has 2 rings (SSSR count). The molecule has 0 aromatic heterocycles. The third-order valence-electron chi connectivity index (χ3n) is 2.40. The number of ether oxygens (including phenoxy) is 2. The Morgan fingerprint density at radius 2 is 2.40 bits per heavy atom. The minimum absolute atomic E-state index is 0.0992. The van der Waals surface area contributed by atoms with Crippen molar-refractivity contribution in [2.24, 2.45) is 0 Å². The van der Waals surface area contributed by atoms with E-state index in [0.717, 1.165) is 23.5 Å². The molecule has 1 aromatic rings. The summed E-state index contributed by atoms with van der Waals surface area (Å²) < 4.78 is 11.0. The third-order valence-corrected chi connectivity index (χ3v) is 2.40. The van der Waals surface area contributed by atoms with Gasteiger partial charge in [-0.2, -0.15) is 0 Å². The molecule has 0 saturated carbocycles. The summed E-state index contributed by atoms with van der Waals surface area (Å²) in [6.45, 7) is 3.71. The predicted molar refractivity (Wildman–Crippen MR) is 61.3 cm³/mol. The second kappa shape index (κ2) is 4.22. The molecule has 1 heterocycles. The summed E-state index contributed by atoms with van der Waals surface area (Å²) in [5.74, 6) is 1.73. The van der Waals surface area contributed by atoms with Gasteiger partial charge in [-0.05, 0) is 24.3 Å². The van der Waals surface area contributed by atoms with E-state index in [2.05, 4.69) is 6.58 Å². The summed E-state index contributed by atoms with van der Waals surface area (Å²) in [6.07, 6.45) is 6.87. The van der Waals surface area contributed by atoms with Crippen LogP contribution in [0.4, 0.5) is 0 Å². The van der Waals surface area contributed by atoms with Gasteiger partial charge in [0.2, 0.25) is 0 Å². The van der Waals surface area contributed by atoms with Crippen molar-refractivity contribution in [3.8, 4) is 11.5 Å². The molecule has 1 atom stereocenters. The molecule has 2 heteroatoms. The van der Waals surface area contributed by atoms with E-state index in [1.54, 1.807) is 7.11 Å². The van der Waals surface area contributed by atoms with Gasteiger partial charge in [0.25, 0.3) is 0 Å². The third kappa shape index (κ3) is 1.89. The lowest BCUT2D eigenvalue weighted by Gasteiger charge is -2.21. The average Bonchev–Trinajstić information content (AvgIpc) is 2.28. The van der Waals surface area contributed by atoms with E-state index in [-0.39, 0.29) is 6.10 Å². The predicted octanol–water partition coefficient (Wildman–Crippen LogP) is 3.05. The van der Waals surface area contributed by atoms with Crippen LogP contribution < -0.4 is 9.47 Å². The largest absolute Gasteiger partial charge is 0.496 e. The minimum Gasteiger partial charge on any atom is -0.496 e. The molecule has 2 nitrogen and oxygen atoms in total. The van der Waals surface area contributed by atoms with Gasteiger partial charge in [-0.15, -0.1) is 6.58 Å². The molecule has 1 unspecified atom stereocenters. The quantitative estimate of drug-likeness (QED) is 0.701. The number of fused-ring (bicyclic) bond motifs is 1. The first-order valence-corrected chi connectivity index (χ1v) is 4.98. The average molecular weight is 202 g/mol. The Hall–Kier alpha value is -1.70. The lowest BCUT2D eigenvalue weighted by atomic mass is 10.1. The first kappa shape index (κ1) is 9.84. The van der Waals surface area contributed by atoms with Crippen LogP contribution in [0.3, 0.4) is 0 Å². The molecule has 0 aliphatic carbocycles. The Labute approximate surface area is 89.8 Å². The highest BCUT2D eigenvalue weighted by atomic mass is 16.5. The maximum absolute atomic E-state index is 5.78. The van der Waals surface area contributed by atoms with Gasteiger partial charge in [0.05, 0.1) is 12.7 Å². The van der Waals surface area contributed by atoms with E-state index in [0.29, 0.717) is 0 Å². The maximum atomic E-state index is 5.78. The molecule has 78 valence electrons. The molecule has 0 N–H and O–H groups in total. The maximum Gasteiger partial charge on any atom is 0.131 e. The van der Waals surface area contributed by atoms with Crippen molar-refractivity contribution in [1.82, 2.24) is 0 Å². The molecule has 15 heavy (non-hydrogen) atoms. The minimum atomic E-state index is 0.0992. The summed E-state index contributed by atoms with van der Waals surface area (Å²) in [6, 6.07) is 5.82. The smallest absolute Gasteiger partial charge is 0.131 e. The van der Waals surface area contributed by atoms with E-state index in [4.69, 9.17) is 9.47 Å². The number of hydrogen-bond acceptors (Lipinski definition) is 2. The van der Waals surface area contributed by atoms with Crippen molar-refractivity contribution in [3.63, 3.8) is 0 Å². The summed E-state index contributed by atoms with van der Waals surface area (Å²) in [5, 5.41) is 0. The van der Waals surface area contributed by atoms with E-state index < -0.39 is 0 Å². The van der Waals surface area contributed by atoms with E-state index in [9.17, 15) is 0 Å². The Morgan fingerprint density at radius 3 is 3.13 bits per heavy atom. The zero-order chi connectivity index (χ0) is 10.7. The standard InChI is InChI=1S/C13H14O2/c1-3-5-10-8-9-11-12(14-2)6-4-7-13(11)15-10/h3-4,6-10H,1,5H2,2H3. The Morgan fingerprint density at radius 1 is 1.53 bits per heavy atom. The van der Waals surface area contributed by atoms with E-state index in [1.807, 2.05) is 36.4 Å². The number of hydrogen-bond donors (Lipinski definition) is 0. The molecule has 0 radical (unpaired) electrons. The highest BCUT2D eigenvalue weighted by molar-refractivity contribution is 5.66. The van der Waals surface area contributed by atoms with Gasteiger partial charge >= 0.3 is 0 Å². The number of rotatable bonds is 3. The molecular weight excluding hydrogens is 188 g/mol. The molecular formula is C13H14O2. The highest BCUT2D eigenvalue weighted by Gasteiger charge is 2.15. The normalized spacial score (nSPS) is 17.8. The zero-order valence-electron chi connectivity index (χ0n) is 8.77. The first-order chi connectivity index (χ1) is 7.35. The Kier molecular flexibility index (Phi) is 2.77. The van der Waals surface area contributed by atoms with Crippen LogP contribution >= 0.6 is 0 Å². The van der Waals surface area contributed by atoms with Crippen LogP contribution in [0.15, 0.2) is 36.9 Å². The molecule has 1 aliphatic rings. The number of benzene rings is 1. The van der Waals surface area contributed by atoms with Gasteiger partial charge < -0.3 is 9.47 Å². The van der Waals surface area contributed by atoms with Crippen LogP contribution in [0.2, 0.25) is 0 Å². The van der Waals surface area contributed by atoms with Crippen molar-refractivity contribution in [2.45, 2.75) is 12.5 Å². The molecule has 0 bridgehead atoms. The summed E-state index contributed by atoms with van der Waals surface area (Å²) in [4.78, 5) is 0. The lowest BCUT2D eigenvalue weighted by Crippen LogP contribution is -2.16. The molecule has 0 saturated heterocycles. The fourth-order valence-electron chi connectivity index (χ4n) is 1.67. The fourth-order valence-corrected chi connectivity index (χ4v) is 1.67. The summed E-state index contributed by atoms with van der Waals surface area (Å²) in [5.41, 5.74) is 1.01. The summed E-state index contributed by atoms with van der Waals surface area (Å²) >= 11 is 0. The van der Waals surface area contributed by atoms with Crippen molar-refractivity contribution in [1.29, 1.82) is 0 Å². The fraction of sp³-hybridized carbons (Fsp3) is 0.231. The van der Waals surface area contributed by atoms with Gasteiger partial charge in [-0.3, -0.25) is 0 Å².